The minimum Gasteiger partial charge on any atom is -0.357 e. The van der Waals surface area contributed by atoms with Gasteiger partial charge in [0, 0.05) is 55.0 Å². The Hall–Kier alpha value is -1.69. The van der Waals surface area contributed by atoms with Crippen molar-refractivity contribution in [3.63, 3.8) is 0 Å². The number of aromatic nitrogens is 2. The third kappa shape index (κ3) is 4.48. The molecular weight excluding hydrogens is 330 g/mol. The predicted molar refractivity (Wildman–Crippen MR) is 108 cm³/mol. The maximum Gasteiger partial charge on any atom is 0.193 e. The van der Waals surface area contributed by atoms with E-state index in [0.29, 0.717) is 11.2 Å². The lowest BCUT2D eigenvalue weighted by molar-refractivity contribution is 0.381. The summed E-state index contributed by atoms with van der Waals surface area (Å²) in [5, 5.41) is 5.37. The molecule has 1 atom stereocenters. The molecule has 5 nitrogen and oxygen atoms in total. The van der Waals surface area contributed by atoms with Gasteiger partial charge in [0.05, 0.1) is 0 Å². The number of hydrogen-bond acceptors (Lipinski definition) is 3. The first kappa shape index (κ1) is 18.1. The molecule has 0 aliphatic carbocycles. The van der Waals surface area contributed by atoms with Crippen LogP contribution in [0.1, 0.15) is 26.3 Å². The SMILES string of the molecule is CCNC(=NCCc1c[nH]c2ncccc12)N1CCSC(C(C)C)C1. The Kier molecular flexibility index (Phi) is 6.24. The van der Waals surface area contributed by atoms with Gasteiger partial charge in [0.25, 0.3) is 0 Å². The predicted octanol–water partition coefficient (Wildman–Crippen LogP) is 3.14. The number of rotatable bonds is 5. The van der Waals surface area contributed by atoms with Gasteiger partial charge < -0.3 is 15.2 Å². The first-order valence-electron chi connectivity index (χ1n) is 9.25. The van der Waals surface area contributed by atoms with Gasteiger partial charge in [-0.15, -0.1) is 0 Å². The summed E-state index contributed by atoms with van der Waals surface area (Å²) in [6.45, 7) is 10.6. The van der Waals surface area contributed by atoms with E-state index in [0.717, 1.165) is 44.2 Å². The fraction of sp³-hybridized carbons (Fsp3) is 0.579. The van der Waals surface area contributed by atoms with E-state index in [1.165, 1.54) is 16.7 Å². The molecule has 0 radical (unpaired) electrons. The number of fused-ring (bicyclic) bond motifs is 1. The van der Waals surface area contributed by atoms with Crippen molar-refractivity contribution in [2.24, 2.45) is 10.9 Å². The van der Waals surface area contributed by atoms with Crippen LogP contribution in [0.2, 0.25) is 0 Å². The van der Waals surface area contributed by atoms with Gasteiger partial charge in [-0.05, 0) is 37.0 Å². The fourth-order valence-corrected chi connectivity index (χ4v) is 4.50. The summed E-state index contributed by atoms with van der Waals surface area (Å²) in [5.74, 6) is 2.95. The smallest absolute Gasteiger partial charge is 0.193 e. The van der Waals surface area contributed by atoms with E-state index in [2.05, 4.69) is 65.0 Å². The van der Waals surface area contributed by atoms with E-state index in [4.69, 9.17) is 4.99 Å². The van der Waals surface area contributed by atoms with Crippen LogP contribution in [-0.2, 0) is 6.42 Å². The molecule has 25 heavy (non-hydrogen) atoms. The lowest BCUT2D eigenvalue weighted by atomic mass is 10.1. The van der Waals surface area contributed by atoms with E-state index >= 15 is 0 Å². The Labute approximate surface area is 154 Å². The summed E-state index contributed by atoms with van der Waals surface area (Å²) in [5.41, 5.74) is 2.25. The van der Waals surface area contributed by atoms with Gasteiger partial charge in [0.15, 0.2) is 5.96 Å². The molecule has 3 rings (SSSR count). The minimum absolute atomic E-state index is 0.692. The third-order valence-corrected chi connectivity index (χ3v) is 6.19. The summed E-state index contributed by atoms with van der Waals surface area (Å²) in [7, 11) is 0. The fourth-order valence-electron chi connectivity index (χ4n) is 3.20. The van der Waals surface area contributed by atoms with Crippen molar-refractivity contribution in [2.75, 3.05) is 31.9 Å². The number of aliphatic imine (C=N–C) groups is 1. The molecule has 1 fully saturated rings. The zero-order valence-corrected chi connectivity index (χ0v) is 16.3. The van der Waals surface area contributed by atoms with Crippen molar-refractivity contribution in [1.82, 2.24) is 20.2 Å². The molecule has 1 unspecified atom stereocenters. The number of guanidine groups is 1. The van der Waals surface area contributed by atoms with Crippen molar-refractivity contribution < 1.29 is 0 Å². The average molecular weight is 360 g/mol. The van der Waals surface area contributed by atoms with E-state index in [1.54, 1.807) is 0 Å². The zero-order valence-electron chi connectivity index (χ0n) is 15.5. The second-order valence-corrected chi connectivity index (χ2v) is 8.15. The van der Waals surface area contributed by atoms with Gasteiger partial charge in [-0.25, -0.2) is 4.98 Å². The largest absolute Gasteiger partial charge is 0.357 e. The number of nitrogens with zero attached hydrogens (tertiary/aromatic N) is 3. The van der Waals surface area contributed by atoms with Crippen molar-refractivity contribution in [3.8, 4) is 0 Å². The normalized spacial score (nSPS) is 19.0. The number of aromatic amines is 1. The monoisotopic (exact) mass is 359 g/mol. The van der Waals surface area contributed by atoms with Crippen LogP contribution >= 0.6 is 11.8 Å². The molecule has 1 aliphatic heterocycles. The van der Waals surface area contributed by atoms with Gasteiger partial charge in [-0.3, -0.25) is 4.99 Å². The molecule has 0 amide bonds. The number of thioether (sulfide) groups is 1. The Morgan fingerprint density at radius 2 is 2.40 bits per heavy atom. The molecule has 2 aromatic heterocycles. The molecule has 2 N–H and O–H groups in total. The summed E-state index contributed by atoms with van der Waals surface area (Å²) in [6.07, 6.45) is 4.81. The average Bonchev–Trinajstić information content (AvgIpc) is 3.04. The maximum atomic E-state index is 4.90. The summed E-state index contributed by atoms with van der Waals surface area (Å²) in [4.78, 5) is 14.9. The lowest BCUT2D eigenvalue weighted by Gasteiger charge is -2.36. The Morgan fingerprint density at radius 1 is 1.52 bits per heavy atom. The molecule has 2 aromatic rings. The van der Waals surface area contributed by atoms with Crippen LogP contribution in [0.15, 0.2) is 29.5 Å². The third-order valence-electron chi connectivity index (χ3n) is 4.65. The summed E-state index contributed by atoms with van der Waals surface area (Å²) >= 11 is 2.10. The first-order valence-corrected chi connectivity index (χ1v) is 10.3. The lowest BCUT2D eigenvalue weighted by Crippen LogP contribution is -2.49. The van der Waals surface area contributed by atoms with Crippen LogP contribution in [0.5, 0.6) is 0 Å². The van der Waals surface area contributed by atoms with E-state index in [9.17, 15) is 0 Å². The second-order valence-electron chi connectivity index (χ2n) is 6.80. The van der Waals surface area contributed by atoms with Crippen molar-refractivity contribution >= 4 is 28.8 Å². The van der Waals surface area contributed by atoms with Crippen LogP contribution in [0.3, 0.4) is 0 Å². The number of nitrogens with one attached hydrogen (secondary N) is 2. The molecule has 136 valence electrons. The van der Waals surface area contributed by atoms with Crippen molar-refractivity contribution in [2.45, 2.75) is 32.4 Å². The highest BCUT2D eigenvalue weighted by atomic mass is 32.2. The molecular formula is C19H29N5S. The van der Waals surface area contributed by atoms with Crippen LogP contribution in [0.25, 0.3) is 11.0 Å². The van der Waals surface area contributed by atoms with E-state index < -0.39 is 0 Å². The standard InChI is InChI=1S/C19H29N5S/c1-4-20-19(24-10-11-25-17(13-24)14(2)3)22-9-7-15-12-23-18-16(15)6-5-8-21-18/h5-6,8,12,14,17H,4,7,9-11,13H2,1-3H3,(H,20,22)(H,21,23). The van der Waals surface area contributed by atoms with E-state index in [1.807, 2.05) is 12.3 Å². The Balaban J connectivity index is 1.66. The Bertz CT molecular complexity index is 709. The molecule has 0 bridgehead atoms. The molecule has 1 saturated heterocycles. The van der Waals surface area contributed by atoms with Gasteiger partial charge in [0.2, 0.25) is 0 Å². The van der Waals surface area contributed by atoms with Crippen LogP contribution in [0.4, 0.5) is 0 Å². The summed E-state index contributed by atoms with van der Waals surface area (Å²) < 4.78 is 0. The van der Waals surface area contributed by atoms with Crippen LogP contribution < -0.4 is 5.32 Å². The zero-order chi connectivity index (χ0) is 17.6. The molecule has 6 heteroatoms. The highest BCUT2D eigenvalue weighted by molar-refractivity contribution is 8.00. The van der Waals surface area contributed by atoms with Gasteiger partial charge in [-0.1, -0.05) is 13.8 Å². The molecule has 0 aromatic carbocycles. The second kappa shape index (κ2) is 8.61. The van der Waals surface area contributed by atoms with Crippen LogP contribution in [0, 0.1) is 5.92 Å². The van der Waals surface area contributed by atoms with Gasteiger partial charge in [-0.2, -0.15) is 11.8 Å². The van der Waals surface area contributed by atoms with Gasteiger partial charge in [0.1, 0.15) is 5.65 Å². The molecule has 3 heterocycles. The number of pyridine rings is 1. The van der Waals surface area contributed by atoms with Gasteiger partial charge >= 0.3 is 0 Å². The van der Waals surface area contributed by atoms with Crippen molar-refractivity contribution in [3.05, 3.63) is 30.1 Å². The number of H-pyrrole nitrogens is 1. The first-order chi connectivity index (χ1) is 12.2. The molecule has 0 saturated carbocycles. The van der Waals surface area contributed by atoms with Crippen LogP contribution in [-0.4, -0.2) is 58.0 Å². The van der Waals surface area contributed by atoms with Crippen molar-refractivity contribution in [1.29, 1.82) is 0 Å². The summed E-state index contributed by atoms with van der Waals surface area (Å²) in [6, 6.07) is 4.11. The molecule has 0 spiro atoms. The Morgan fingerprint density at radius 3 is 3.20 bits per heavy atom. The molecule has 1 aliphatic rings. The highest BCUT2D eigenvalue weighted by Crippen LogP contribution is 2.25. The quantitative estimate of drug-likeness (QED) is 0.636. The highest BCUT2D eigenvalue weighted by Gasteiger charge is 2.24. The minimum atomic E-state index is 0.692. The maximum absolute atomic E-state index is 4.90. The van der Waals surface area contributed by atoms with E-state index in [-0.39, 0.29) is 0 Å². The topological polar surface area (TPSA) is 56.3 Å². The number of hydrogen-bond donors (Lipinski definition) is 2.